The summed E-state index contributed by atoms with van der Waals surface area (Å²) < 4.78 is 5.40. The van der Waals surface area contributed by atoms with Crippen molar-refractivity contribution in [3.05, 3.63) is 18.3 Å². The maximum absolute atomic E-state index is 12.2. The first-order chi connectivity index (χ1) is 11.3. The van der Waals surface area contributed by atoms with E-state index >= 15 is 0 Å². The summed E-state index contributed by atoms with van der Waals surface area (Å²) in [7, 11) is 1.68. The summed E-state index contributed by atoms with van der Waals surface area (Å²) in [5, 5.41) is 3.20. The lowest BCUT2D eigenvalue weighted by atomic mass is 9.93. The van der Waals surface area contributed by atoms with E-state index in [2.05, 4.69) is 15.2 Å². The van der Waals surface area contributed by atoms with Crippen LogP contribution in [0.3, 0.4) is 0 Å². The number of nitrogens with zero attached hydrogens (tertiary/aromatic N) is 2. The Labute approximate surface area is 138 Å². The molecule has 0 spiro atoms. The van der Waals surface area contributed by atoms with Crippen molar-refractivity contribution in [3.63, 3.8) is 0 Å². The summed E-state index contributed by atoms with van der Waals surface area (Å²) >= 11 is 0. The minimum Gasteiger partial charge on any atom is -0.493 e. The molecule has 1 amide bonds. The molecule has 0 atom stereocenters. The van der Waals surface area contributed by atoms with Crippen LogP contribution in [0.4, 0.5) is 5.82 Å². The van der Waals surface area contributed by atoms with E-state index in [4.69, 9.17) is 4.74 Å². The van der Waals surface area contributed by atoms with E-state index in [1.807, 2.05) is 12.1 Å². The molecule has 1 saturated heterocycles. The number of anilines is 1. The molecule has 0 unspecified atom stereocenters. The highest BCUT2D eigenvalue weighted by Gasteiger charge is 2.25. The average molecular weight is 317 g/mol. The Hall–Kier alpha value is -1.78. The number of pyridine rings is 1. The van der Waals surface area contributed by atoms with Crippen LogP contribution in [-0.4, -0.2) is 37.1 Å². The van der Waals surface area contributed by atoms with Gasteiger partial charge in [0.15, 0.2) is 11.6 Å². The first-order valence-corrected chi connectivity index (χ1v) is 8.79. The van der Waals surface area contributed by atoms with Gasteiger partial charge in [-0.2, -0.15) is 0 Å². The molecule has 1 N–H and O–H groups in total. The van der Waals surface area contributed by atoms with Crippen LogP contribution < -0.4 is 15.0 Å². The first-order valence-electron chi connectivity index (χ1n) is 8.79. The van der Waals surface area contributed by atoms with Crippen molar-refractivity contribution in [1.82, 2.24) is 10.3 Å². The lowest BCUT2D eigenvalue weighted by Gasteiger charge is -2.33. The van der Waals surface area contributed by atoms with Gasteiger partial charge in [0.05, 0.1) is 7.11 Å². The minimum absolute atomic E-state index is 0.241. The highest BCUT2D eigenvalue weighted by atomic mass is 16.5. The molecule has 1 aliphatic heterocycles. The molecule has 3 rings (SSSR count). The topological polar surface area (TPSA) is 54.5 Å². The Bertz CT molecular complexity index is 521. The summed E-state index contributed by atoms with van der Waals surface area (Å²) in [5.74, 6) is 2.47. The zero-order chi connectivity index (χ0) is 16.1. The molecule has 126 valence electrons. The number of hydrogen-bond donors (Lipinski definition) is 1. The zero-order valence-electron chi connectivity index (χ0n) is 14.0. The molecule has 0 bridgehead atoms. The number of nitrogens with one attached hydrogen (secondary N) is 1. The van der Waals surface area contributed by atoms with Crippen LogP contribution in [0.25, 0.3) is 0 Å². The maximum atomic E-state index is 12.2. The second-order valence-corrected chi connectivity index (χ2v) is 6.71. The molecule has 1 aliphatic carbocycles. The molecular weight excluding hydrogens is 290 g/mol. The molecule has 1 aromatic rings. The average Bonchev–Trinajstić information content (AvgIpc) is 3.08. The second-order valence-electron chi connectivity index (χ2n) is 6.71. The van der Waals surface area contributed by atoms with E-state index in [0.29, 0.717) is 18.4 Å². The molecule has 2 aliphatic rings. The third-order valence-corrected chi connectivity index (χ3v) is 5.08. The molecule has 23 heavy (non-hydrogen) atoms. The molecule has 0 radical (unpaired) electrons. The SMILES string of the molecule is COc1cccnc1N1CCC(CC(=O)NC2CCCC2)CC1. The highest BCUT2D eigenvalue weighted by Crippen LogP contribution is 2.30. The number of methoxy groups -OCH3 is 1. The zero-order valence-corrected chi connectivity index (χ0v) is 14.0. The number of ether oxygens (including phenoxy) is 1. The van der Waals surface area contributed by atoms with Gasteiger partial charge in [-0.1, -0.05) is 12.8 Å². The summed E-state index contributed by atoms with van der Waals surface area (Å²) in [6.07, 6.45) is 9.39. The van der Waals surface area contributed by atoms with Crippen molar-refractivity contribution in [1.29, 1.82) is 0 Å². The number of hydrogen-bond acceptors (Lipinski definition) is 4. The minimum atomic E-state index is 0.241. The first kappa shape index (κ1) is 16.1. The van der Waals surface area contributed by atoms with Gasteiger partial charge in [0.2, 0.25) is 5.91 Å². The molecule has 2 fully saturated rings. The van der Waals surface area contributed by atoms with Gasteiger partial charge in [-0.05, 0) is 43.7 Å². The Morgan fingerprint density at radius 1 is 1.30 bits per heavy atom. The van der Waals surface area contributed by atoms with Crippen molar-refractivity contribution in [2.45, 2.75) is 51.0 Å². The highest BCUT2D eigenvalue weighted by molar-refractivity contribution is 5.76. The van der Waals surface area contributed by atoms with Gasteiger partial charge in [0, 0.05) is 31.7 Å². The Morgan fingerprint density at radius 2 is 2.04 bits per heavy atom. The van der Waals surface area contributed by atoms with E-state index in [9.17, 15) is 4.79 Å². The number of amides is 1. The standard InChI is InChI=1S/C18H27N3O2/c1-23-16-7-4-10-19-18(16)21-11-8-14(9-12-21)13-17(22)20-15-5-2-3-6-15/h4,7,10,14-15H,2-3,5-6,8-9,11-13H2,1H3,(H,20,22). The van der Waals surface area contributed by atoms with Gasteiger partial charge in [0.25, 0.3) is 0 Å². The summed E-state index contributed by atoms with van der Waals surface area (Å²) in [4.78, 5) is 18.9. The quantitative estimate of drug-likeness (QED) is 0.907. The molecule has 0 aromatic carbocycles. The second kappa shape index (κ2) is 7.66. The molecule has 1 saturated carbocycles. The molecular formula is C18H27N3O2. The van der Waals surface area contributed by atoms with Gasteiger partial charge in [-0.25, -0.2) is 4.98 Å². The third-order valence-electron chi connectivity index (χ3n) is 5.08. The van der Waals surface area contributed by atoms with Crippen molar-refractivity contribution >= 4 is 11.7 Å². The van der Waals surface area contributed by atoms with Crippen LogP contribution in [0.15, 0.2) is 18.3 Å². The van der Waals surface area contributed by atoms with Crippen LogP contribution >= 0.6 is 0 Å². The summed E-state index contributed by atoms with van der Waals surface area (Å²) in [6.45, 7) is 1.88. The smallest absolute Gasteiger partial charge is 0.220 e. The lowest BCUT2D eigenvalue weighted by molar-refractivity contribution is -0.122. The van der Waals surface area contributed by atoms with Crippen LogP contribution in [0.5, 0.6) is 5.75 Å². The van der Waals surface area contributed by atoms with Crippen LogP contribution in [0.2, 0.25) is 0 Å². The number of piperidine rings is 1. The van der Waals surface area contributed by atoms with E-state index in [1.165, 1.54) is 12.8 Å². The number of aromatic nitrogens is 1. The Morgan fingerprint density at radius 3 is 2.74 bits per heavy atom. The normalized spacial score (nSPS) is 19.8. The molecule has 5 heteroatoms. The molecule has 1 aromatic heterocycles. The fourth-order valence-corrected chi connectivity index (χ4v) is 3.75. The van der Waals surface area contributed by atoms with E-state index < -0.39 is 0 Å². The Kier molecular flexibility index (Phi) is 5.36. The van der Waals surface area contributed by atoms with Gasteiger partial charge < -0.3 is 15.0 Å². The summed E-state index contributed by atoms with van der Waals surface area (Å²) in [5.41, 5.74) is 0. The predicted molar refractivity (Wildman–Crippen MR) is 90.7 cm³/mol. The Balaban J connectivity index is 1.47. The molecule has 5 nitrogen and oxygen atoms in total. The van der Waals surface area contributed by atoms with Crippen LogP contribution in [0.1, 0.15) is 44.9 Å². The third kappa shape index (κ3) is 4.15. The number of carbonyl (C=O) groups excluding carboxylic acids is 1. The lowest BCUT2D eigenvalue weighted by Crippen LogP contribution is -2.38. The van der Waals surface area contributed by atoms with Crippen molar-refractivity contribution in [2.24, 2.45) is 5.92 Å². The fraction of sp³-hybridized carbons (Fsp3) is 0.667. The predicted octanol–water partition coefficient (Wildman–Crippen LogP) is 2.76. The summed E-state index contributed by atoms with van der Waals surface area (Å²) in [6, 6.07) is 4.27. The monoisotopic (exact) mass is 317 g/mol. The van der Waals surface area contributed by atoms with Gasteiger partial charge >= 0.3 is 0 Å². The number of carbonyl (C=O) groups is 1. The number of rotatable bonds is 5. The van der Waals surface area contributed by atoms with Gasteiger partial charge in [0.1, 0.15) is 0 Å². The van der Waals surface area contributed by atoms with E-state index in [0.717, 1.165) is 50.3 Å². The van der Waals surface area contributed by atoms with E-state index in [-0.39, 0.29) is 5.91 Å². The van der Waals surface area contributed by atoms with Crippen LogP contribution in [-0.2, 0) is 4.79 Å². The largest absolute Gasteiger partial charge is 0.493 e. The van der Waals surface area contributed by atoms with Gasteiger partial charge in [-0.15, -0.1) is 0 Å². The van der Waals surface area contributed by atoms with Crippen molar-refractivity contribution in [2.75, 3.05) is 25.1 Å². The molecule has 2 heterocycles. The van der Waals surface area contributed by atoms with Gasteiger partial charge in [-0.3, -0.25) is 4.79 Å². The van der Waals surface area contributed by atoms with Crippen molar-refractivity contribution < 1.29 is 9.53 Å². The van der Waals surface area contributed by atoms with Crippen molar-refractivity contribution in [3.8, 4) is 5.75 Å². The van der Waals surface area contributed by atoms with E-state index in [1.54, 1.807) is 13.3 Å². The maximum Gasteiger partial charge on any atom is 0.220 e. The van der Waals surface area contributed by atoms with Crippen LogP contribution in [0, 0.1) is 5.92 Å². The fourth-order valence-electron chi connectivity index (χ4n) is 3.75.